The van der Waals surface area contributed by atoms with Crippen molar-refractivity contribution in [2.45, 2.75) is 13.1 Å². The SMILES string of the molecule is O=C(NCc1ccco1)NCc1cccnc1-n1cncn1. The van der Waals surface area contributed by atoms with Crippen molar-refractivity contribution in [1.82, 2.24) is 30.4 Å². The summed E-state index contributed by atoms with van der Waals surface area (Å²) in [7, 11) is 0. The van der Waals surface area contributed by atoms with Crippen molar-refractivity contribution in [1.29, 1.82) is 0 Å². The highest BCUT2D eigenvalue weighted by molar-refractivity contribution is 5.73. The first-order valence-corrected chi connectivity index (χ1v) is 6.66. The second kappa shape index (κ2) is 6.53. The molecule has 0 radical (unpaired) electrons. The summed E-state index contributed by atoms with van der Waals surface area (Å²) in [4.78, 5) is 19.9. The number of nitrogens with one attached hydrogen (secondary N) is 2. The Bertz CT molecular complexity index is 724. The number of furan rings is 1. The summed E-state index contributed by atoms with van der Waals surface area (Å²) in [6, 6.07) is 6.96. The number of carbonyl (C=O) groups excluding carboxylic acids is 1. The number of pyridine rings is 1. The van der Waals surface area contributed by atoms with E-state index in [1.54, 1.807) is 41.7 Å². The lowest BCUT2D eigenvalue weighted by molar-refractivity contribution is 0.239. The second-order valence-electron chi connectivity index (χ2n) is 4.44. The third-order valence-electron chi connectivity index (χ3n) is 2.95. The van der Waals surface area contributed by atoms with E-state index in [1.165, 1.54) is 6.33 Å². The van der Waals surface area contributed by atoms with E-state index >= 15 is 0 Å². The zero-order valence-corrected chi connectivity index (χ0v) is 11.6. The van der Waals surface area contributed by atoms with Crippen LogP contribution in [0.1, 0.15) is 11.3 Å². The molecule has 0 unspecified atom stereocenters. The lowest BCUT2D eigenvalue weighted by Gasteiger charge is -2.09. The average Bonchev–Trinajstić information content (AvgIpc) is 3.24. The zero-order chi connectivity index (χ0) is 15.2. The largest absolute Gasteiger partial charge is 0.467 e. The number of hydrogen-bond donors (Lipinski definition) is 2. The van der Waals surface area contributed by atoms with Crippen LogP contribution in [0.5, 0.6) is 0 Å². The third-order valence-corrected chi connectivity index (χ3v) is 2.95. The quantitative estimate of drug-likeness (QED) is 0.739. The molecule has 3 rings (SSSR count). The zero-order valence-electron chi connectivity index (χ0n) is 11.6. The Kier molecular flexibility index (Phi) is 4.10. The maximum Gasteiger partial charge on any atom is 0.315 e. The highest BCUT2D eigenvalue weighted by Gasteiger charge is 2.08. The molecule has 0 bridgehead atoms. The maximum atomic E-state index is 11.8. The minimum Gasteiger partial charge on any atom is -0.467 e. The van der Waals surface area contributed by atoms with Crippen molar-refractivity contribution in [2.75, 3.05) is 0 Å². The monoisotopic (exact) mass is 298 g/mol. The number of carbonyl (C=O) groups is 1. The van der Waals surface area contributed by atoms with Crippen LogP contribution in [0.2, 0.25) is 0 Å². The Labute approximate surface area is 126 Å². The van der Waals surface area contributed by atoms with Crippen LogP contribution in [0.15, 0.2) is 53.8 Å². The van der Waals surface area contributed by atoms with Crippen LogP contribution in [-0.2, 0) is 13.1 Å². The number of nitrogens with zero attached hydrogens (tertiary/aromatic N) is 4. The van der Waals surface area contributed by atoms with Gasteiger partial charge in [0.15, 0.2) is 5.82 Å². The van der Waals surface area contributed by atoms with Gasteiger partial charge in [0, 0.05) is 18.3 Å². The van der Waals surface area contributed by atoms with Gasteiger partial charge in [-0.05, 0) is 18.2 Å². The summed E-state index contributed by atoms with van der Waals surface area (Å²) < 4.78 is 6.70. The maximum absolute atomic E-state index is 11.8. The number of aromatic nitrogens is 4. The minimum absolute atomic E-state index is 0.287. The Morgan fingerprint density at radius 1 is 1.23 bits per heavy atom. The van der Waals surface area contributed by atoms with Crippen LogP contribution in [0.3, 0.4) is 0 Å². The number of amides is 2. The van der Waals surface area contributed by atoms with Gasteiger partial charge in [-0.3, -0.25) is 0 Å². The van der Waals surface area contributed by atoms with Crippen LogP contribution < -0.4 is 10.6 Å². The number of rotatable bonds is 5. The van der Waals surface area contributed by atoms with Crippen LogP contribution in [-0.4, -0.2) is 25.8 Å². The molecule has 8 heteroatoms. The van der Waals surface area contributed by atoms with Crippen molar-refractivity contribution in [3.63, 3.8) is 0 Å². The molecule has 0 atom stereocenters. The molecule has 3 heterocycles. The Morgan fingerprint density at radius 3 is 2.91 bits per heavy atom. The third kappa shape index (κ3) is 3.29. The van der Waals surface area contributed by atoms with E-state index in [0.717, 1.165) is 5.56 Å². The highest BCUT2D eigenvalue weighted by atomic mass is 16.3. The van der Waals surface area contributed by atoms with Crippen molar-refractivity contribution >= 4 is 6.03 Å². The molecule has 3 aromatic heterocycles. The molecule has 0 aliphatic rings. The van der Waals surface area contributed by atoms with Gasteiger partial charge in [0.2, 0.25) is 0 Å². The summed E-state index contributed by atoms with van der Waals surface area (Å²) in [6.45, 7) is 0.662. The van der Waals surface area contributed by atoms with Gasteiger partial charge in [-0.1, -0.05) is 6.07 Å². The fraction of sp³-hybridized carbons (Fsp3) is 0.143. The standard InChI is InChI=1S/C14H14N6O2/c21-14(18-8-12-4-2-6-22-12)17-7-11-3-1-5-16-13(11)20-10-15-9-19-20/h1-6,9-10H,7-8H2,(H2,17,18,21). The van der Waals surface area contributed by atoms with E-state index in [4.69, 9.17) is 4.42 Å². The van der Waals surface area contributed by atoms with Crippen LogP contribution in [0.25, 0.3) is 5.82 Å². The van der Waals surface area contributed by atoms with Gasteiger partial charge >= 0.3 is 6.03 Å². The summed E-state index contributed by atoms with van der Waals surface area (Å²) in [6.07, 6.45) is 6.22. The molecule has 0 aliphatic heterocycles. The van der Waals surface area contributed by atoms with E-state index < -0.39 is 0 Å². The first-order chi connectivity index (χ1) is 10.8. The fourth-order valence-electron chi connectivity index (χ4n) is 1.91. The van der Waals surface area contributed by atoms with Crippen LogP contribution in [0.4, 0.5) is 4.79 Å². The molecule has 2 amide bonds. The molecular formula is C14H14N6O2. The van der Waals surface area contributed by atoms with Crippen molar-refractivity contribution in [3.05, 3.63) is 60.7 Å². The number of hydrogen-bond acceptors (Lipinski definition) is 5. The summed E-state index contributed by atoms with van der Waals surface area (Å²) in [5, 5.41) is 9.53. The van der Waals surface area contributed by atoms with Gasteiger partial charge in [-0.25, -0.2) is 19.4 Å². The van der Waals surface area contributed by atoms with E-state index in [0.29, 0.717) is 24.7 Å². The first-order valence-electron chi connectivity index (χ1n) is 6.66. The molecule has 3 aromatic rings. The van der Waals surface area contributed by atoms with Crippen molar-refractivity contribution < 1.29 is 9.21 Å². The topological polar surface area (TPSA) is 97.9 Å². The summed E-state index contributed by atoms with van der Waals surface area (Å²) in [5.74, 6) is 1.33. The van der Waals surface area contributed by atoms with Gasteiger partial charge in [-0.15, -0.1) is 0 Å². The Balaban J connectivity index is 1.58. The fourth-order valence-corrected chi connectivity index (χ4v) is 1.91. The first kappa shape index (κ1) is 13.8. The minimum atomic E-state index is -0.287. The molecule has 8 nitrogen and oxygen atoms in total. The molecule has 2 N–H and O–H groups in total. The summed E-state index contributed by atoms with van der Waals surface area (Å²) >= 11 is 0. The predicted molar refractivity (Wildman–Crippen MR) is 76.9 cm³/mol. The molecule has 0 aromatic carbocycles. The van der Waals surface area contributed by atoms with Gasteiger partial charge in [-0.2, -0.15) is 5.10 Å². The van der Waals surface area contributed by atoms with E-state index in [2.05, 4.69) is 25.7 Å². The van der Waals surface area contributed by atoms with Gasteiger partial charge in [0.1, 0.15) is 18.4 Å². The molecule has 22 heavy (non-hydrogen) atoms. The highest BCUT2D eigenvalue weighted by Crippen LogP contribution is 2.09. The average molecular weight is 298 g/mol. The lowest BCUT2D eigenvalue weighted by atomic mass is 10.2. The Hall–Kier alpha value is -3.16. The smallest absolute Gasteiger partial charge is 0.315 e. The van der Waals surface area contributed by atoms with Crippen molar-refractivity contribution in [3.8, 4) is 5.82 Å². The molecule has 0 aliphatic carbocycles. The van der Waals surface area contributed by atoms with E-state index in [9.17, 15) is 4.79 Å². The van der Waals surface area contributed by atoms with Gasteiger partial charge in [0.05, 0.1) is 12.8 Å². The molecule has 112 valence electrons. The van der Waals surface area contributed by atoms with Crippen molar-refractivity contribution in [2.24, 2.45) is 0 Å². The second-order valence-corrected chi connectivity index (χ2v) is 4.44. The molecular weight excluding hydrogens is 284 g/mol. The molecule has 0 spiro atoms. The molecule has 0 fully saturated rings. The summed E-state index contributed by atoms with van der Waals surface area (Å²) in [5.41, 5.74) is 0.834. The van der Waals surface area contributed by atoms with E-state index in [-0.39, 0.29) is 6.03 Å². The molecule has 0 saturated heterocycles. The normalized spacial score (nSPS) is 10.4. The van der Waals surface area contributed by atoms with E-state index in [1.807, 2.05) is 6.07 Å². The Morgan fingerprint density at radius 2 is 2.14 bits per heavy atom. The van der Waals surface area contributed by atoms with Crippen LogP contribution in [0, 0.1) is 0 Å². The predicted octanol–water partition coefficient (Wildman–Crippen LogP) is 1.25. The van der Waals surface area contributed by atoms with Gasteiger partial charge < -0.3 is 15.1 Å². The van der Waals surface area contributed by atoms with Crippen LogP contribution >= 0.6 is 0 Å². The van der Waals surface area contributed by atoms with Gasteiger partial charge in [0.25, 0.3) is 0 Å². The molecule has 0 saturated carbocycles. The lowest BCUT2D eigenvalue weighted by Crippen LogP contribution is -2.34. The number of urea groups is 1.